The van der Waals surface area contributed by atoms with E-state index in [1.165, 1.54) is 70.5 Å². The Kier molecular flexibility index (Phi) is 10.5. The summed E-state index contributed by atoms with van der Waals surface area (Å²) < 4.78 is 5.01. The molecule has 1 aliphatic rings. The number of hydrogen-bond donors (Lipinski definition) is 2. The van der Waals surface area contributed by atoms with Crippen molar-refractivity contribution in [3.05, 3.63) is 52.4 Å². The maximum absolute atomic E-state index is 12.4. The fourth-order valence-electron chi connectivity index (χ4n) is 4.31. The van der Waals surface area contributed by atoms with E-state index in [1.54, 1.807) is 11.3 Å². The first-order chi connectivity index (χ1) is 15.7. The zero-order chi connectivity index (χ0) is 22.6. The van der Waals surface area contributed by atoms with Crippen LogP contribution >= 0.6 is 23.6 Å². The Morgan fingerprint density at radius 1 is 1.00 bits per heavy atom. The molecule has 1 aliphatic carbocycles. The predicted molar refractivity (Wildman–Crippen MR) is 139 cm³/mol. The highest BCUT2D eigenvalue weighted by Gasteiger charge is 2.19. The molecule has 2 aromatic rings. The molecule has 0 aliphatic heterocycles. The molecule has 32 heavy (non-hydrogen) atoms. The number of rotatable bonds is 5. The van der Waals surface area contributed by atoms with Crippen LogP contribution in [0.3, 0.4) is 0 Å². The van der Waals surface area contributed by atoms with Crippen molar-refractivity contribution in [1.82, 2.24) is 5.32 Å². The molecule has 0 spiro atoms. The number of hydrogen-bond acceptors (Lipinski definition) is 4. The fourth-order valence-corrected chi connectivity index (χ4v) is 5.73. The van der Waals surface area contributed by atoms with Gasteiger partial charge in [-0.05, 0) is 36.7 Å². The first kappa shape index (κ1) is 24.7. The van der Waals surface area contributed by atoms with Gasteiger partial charge in [-0.25, -0.2) is 4.79 Å². The molecular formula is C26H36N2O2S2. The largest absolute Gasteiger partial charge is 0.465 e. The average Bonchev–Trinajstić information content (AvgIpc) is 3.17. The molecule has 0 amide bonds. The summed E-state index contributed by atoms with van der Waals surface area (Å²) in [6, 6.07) is 12.6. The van der Waals surface area contributed by atoms with Crippen LogP contribution in [0.4, 0.5) is 5.00 Å². The zero-order valence-electron chi connectivity index (χ0n) is 19.2. The summed E-state index contributed by atoms with van der Waals surface area (Å²) in [5, 5.41) is 8.20. The Balaban J connectivity index is 1.63. The van der Waals surface area contributed by atoms with E-state index in [2.05, 4.69) is 22.8 Å². The van der Waals surface area contributed by atoms with Gasteiger partial charge in [-0.2, -0.15) is 0 Å². The molecule has 1 fully saturated rings. The third-order valence-electron chi connectivity index (χ3n) is 6.08. The van der Waals surface area contributed by atoms with E-state index in [0.29, 0.717) is 16.7 Å². The van der Waals surface area contributed by atoms with Gasteiger partial charge in [-0.3, -0.25) is 0 Å². The van der Waals surface area contributed by atoms with Crippen LogP contribution in [0.5, 0.6) is 0 Å². The van der Waals surface area contributed by atoms with Crippen LogP contribution in [0, 0.1) is 0 Å². The second kappa shape index (κ2) is 13.6. The third kappa shape index (κ3) is 8.21. The van der Waals surface area contributed by atoms with Crippen LogP contribution in [-0.2, 0) is 11.2 Å². The van der Waals surface area contributed by atoms with Crippen LogP contribution in [0.15, 0.2) is 36.4 Å². The van der Waals surface area contributed by atoms with Crippen LogP contribution in [0.1, 0.15) is 91.4 Å². The summed E-state index contributed by atoms with van der Waals surface area (Å²) in [7, 11) is 1.42. The molecule has 6 heteroatoms. The number of nitrogens with one attached hydrogen (secondary N) is 2. The van der Waals surface area contributed by atoms with Crippen molar-refractivity contribution in [1.29, 1.82) is 0 Å². The molecule has 1 saturated carbocycles. The van der Waals surface area contributed by atoms with E-state index in [4.69, 9.17) is 17.0 Å². The number of esters is 1. The highest BCUT2D eigenvalue weighted by Crippen LogP contribution is 2.30. The number of thiophene rings is 1. The summed E-state index contributed by atoms with van der Waals surface area (Å²) in [6.45, 7) is 0. The summed E-state index contributed by atoms with van der Waals surface area (Å²) in [6.07, 6.45) is 15.0. The topological polar surface area (TPSA) is 50.4 Å². The van der Waals surface area contributed by atoms with Crippen LogP contribution in [-0.4, -0.2) is 24.2 Å². The van der Waals surface area contributed by atoms with Crippen molar-refractivity contribution in [2.24, 2.45) is 0 Å². The van der Waals surface area contributed by atoms with Crippen LogP contribution in [0.25, 0.3) is 0 Å². The van der Waals surface area contributed by atoms with Crippen LogP contribution in [0.2, 0.25) is 0 Å². The van der Waals surface area contributed by atoms with Crippen molar-refractivity contribution < 1.29 is 9.53 Å². The summed E-state index contributed by atoms with van der Waals surface area (Å²) in [5.41, 5.74) is 1.76. The maximum Gasteiger partial charge on any atom is 0.340 e. The van der Waals surface area contributed by atoms with Gasteiger partial charge < -0.3 is 15.4 Å². The molecule has 0 bridgehead atoms. The standard InChI is InChI=1S/C26H36N2O2S2/c1-30-25(29)23-19-22(18-20-14-10-9-11-15-20)32-24(23)28-26(31)27-21-16-12-7-5-3-2-4-6-8-13-17-21/h9-11,14-15,19,21H,2-8,12-13,16-18H2,1H3,(H2,27,28,31). The van der Waals surface area contributed by atoms with Crippen molar-refractivity contribution in [3.8, 4) is 0 Å². The number of carbonyl (C=O) groups excluding carboxylic acids is 1. The van der Waals surface area contributed by atoms with E-state index < -0.39 is 0 Å². The molecule has 0 radical (unpaired) electrons. The second-order valence-corrected chi connectivity index (χ2v) is 10.2. The highest BCUT2D eigenvalue weighted by atomic mass is 32.1. The molecule has 1 aromatic carbocycles. The second-order valence-electron chi connectivity index (χ2n) is 8.66. The Morgan fingerprint density at radius 3 is 2.19 bits per heavy atom. The molecule has 0 unspecified atom stereocenters. The Bertz CT molecular complexity index is 839. The van der Waals surface area contributed by atoms with E-state index in [1.807, 2.05) is 24.3 Å². The lowest BCUT2D eigenvalue weighted by molar-refractivity contribution is 0.0602. The predicted octanol–water partition coefficient (Wildman–Crippen LogP) is 7.09. The van der Waals surface area contributed by atoms with Crippen molar-refractivity contribution in [3.63, 3.8) is 0 Å². The quantitative estimate of drug-likeness (QED) is 0.359. The molecule has 3 rings (SSSR count). The molecule has 1 aromatic heterocycles. The van der Waals surface area contributed by atoms with Crippen molar-refractivity contribution in [2.45, 2.75) is 83.1 Å². The van der Waals surface area contributed by atoms with Gasteiger partial charge in [0, 0.05) is 17.3 Å². The first-order valence-electron chi connectivity index (χ1n) is 12.0. The van der Waals surface area contributed by atoms with E-state index >= 15 is 0 Å². The molecular weight excluding hydrogens is 436 g/mol. The van der Waals surface area contributed by atoms with Crippen LogP contribution < -0.4 is 10.6 Å². The van der Waals surface area contributed by atoms with E-state index in [0.717, 1.165) is 29.1 Å². The van der Waals surface area contributed by atoms with Crippen molar-refractivity contribution >= 4 is 39.6 Å². The normalized spacial score (nSPS) is 16.4. The Morgan fingerprint density at radius 2 is 1.59 bits per heavy atom. The third-order valence-corrected chi connectivity index (χ3v) is 7.35. The number of carbonyl (C=O) groups is 1. The number of methoxy groups -OCH3 is 1. The molecule has 2 N–H and O–H groups in total. The zero-order valence-corrected chi connectivity index (χ0v) is 20.8. The maximum atomic E-state index is 12.4. The van der Waals surface area contributed by atoms with E-state index in [-0.39, 0.29) is 5.97 Å². The van der Waals surface area contributed by atoms with Gasteiger partial charge in [-0.1, -0.05) is 88.1 Å². The SMILES string of the molecule is COC(=O)c1cc(Cc2ccccc2)sc1NC(=S)NC1CCCCCCCCCCC1. The first-order valence-corrected chi connectivity index (χ1v) is 13.2. The van der Waals surface area contributed by atoms with Gasteiger partial charge in [0.1, 0.15) is 5.00 Å². The average molecular weight is 473 g/mol. The smallest absolute Gasteiger partial charge is 0.340 e. The van der Waals surface area contributed by atoms with Crippen molar-refractivity contribution in [2.75, 3.05) is 12.4 Å². The lowest BCUT2D eigenvalue weighted by atomic mass is 9.98. The highest BCUT2D eigenvalue weighted by molar-refractivity contribution is 7.80. The van der Waals surface area contributed by atoms with Gasteiger partial charge in [0.25, 0.3) is 0 Å². The van der Waals surface area contributed by atoms with Gasteiger partial charge in [-0.15, -0.1) is 11.3 Å². The van der Waals surface area contributed by atoms with Gasteiger partial charge in [0.15, 0.2) is 5.11 Å². The van der Waals surface area contributed by atoms with E-state index in [9.17, 15) is 4.79 Å². The summed E-state index contributed by atoms with van der Waals surface area (Å²) in [5.74, 6) is -0.336. The van der Waals surface area contributed by atoms with Gasteiger partial charge in [0.05, 0.1) is 12.7 Å². The lowest BCUT2D eigenvalue weighted by Gasteiger charge is -2.21. The number of anilines is 1. The minimum atomic E-state index is -0.336. The molecule has 0 saturated heterocycles. The molecule has 174 valence electrons. The molecule has 4 nitrogen and oxygen atoms in total. The summed E-state index contributed by atoms with van der Waals surface area (Å²) in [4.78, 5) is 13.5. The lowest BCUT2D eigenvalue weighted by Crippen LogP contribution is -2.38. The monoisotopic (exact) mass is 472 g/mol. The fraction of sp³-hybridized carbons (Fsp3) is 0.538. The summed E-state index contributed by atoms with van der Waals surface area (Å²) >= 11 is 7.23. The Labute approximate surface area is 202 Å². The van der Waals surface area contributed by atoms with Gasteiger partial charge >= 0.3 is 5.97 Å². The molecule has 0 atom stereocenters. The van der Waals surface area contributed by atoms with Gasteiger partial charge in [0.2, 0.25) is 0 Å². The molecule has 1 heterocycles. The Hall–Kier alpha value is -1.92. The minimum Gasteiger partial charge on any atom is -0.465 e. The number of thiocarbonyl (C=S) groups is 1. The minimum absolute atomic E-state index is 0.336. The number of benzene rings is 1. The number of ether oxygens (including phenoxy) is 1.